The fourth-order valence-electron chi connectivity index (χ4n) is 2.71. The van der Waals surface area contributed by atoms with Gasteiger partial charge in [-0.05, 0) is 24.3 Å². The van der Waals surface area contributed by atoms with E-state index in [0.29, 0.717) is 10.9 Å². The maximum atomic E-state index is 13.5. The molecule has 26 heavy (non-hydrogen) atoms. The van der Waals surface area contributed by atoms with Crippen LogP contribution in [-0.4, -0.2) is 24.8 Å². The minimum absolute atomic E-state index is 0.0486. The molecule has 0 bridgehead atoms. The highest BCUT2D eigenvalue weighted by Gasteiger charge is 2.36. The van der Waals surface area contributed by atoms with Crippen LogP contribution in [0.3, 0.4) is 0 Å². The van der Waals surface area contributed by atoms with Crippen LogP contribution >= 0.6 is 11.6 Å². The first kappa shape index (κ1) is 16.7. The molecule has 3 heterocycles. The number of alkyl halides is 5. The monoisotopic (exact) mass is 387 g/mol. The highest BCUT2D eigenvalue weighted by Crippen LogP contribution is 2.39. The van der Waals surface area contributed by atoms with Crippen LogP contribution in [0.15, 0.2) is 30.5 Å². The van der Waals surface area contributed by atoms with Gasteiger partial charge < -0.3 is 0 Å². The summed E-state index contributed by atoms with van der Waals surface area (Å²) in [6.45, 7) is 0. The second kappa shape index (κ2) is 5.63. The van der Waals surface area contributed by atoms with Crippen molar-refractivity contribution >= 4 is 28.2 Å². The third-order valence-electron chi connectivity index (χ3n) is 3.79. The number of nitrogens with one attached hydrogen (secondary N) is 1. The van der Waals surface area contributed by atoms with Crippen molar-refractivity contribution in [2.75, 3.05) is 0 Å². The normalized spacial score (nSPS) is 12.6. The number of halogens is 6. The van der Waals surface area contributed by atoms with Crippen molar-refractivity contribution in [1.82, 2.24) is 24.8 Å². The van der Waals surface area contributed by atoms with E-state index in [2.05, 4.69) is 20.3 Å². The molecule has 0 aliphatic rings. The number of aromatic amines is 1. The topological polar surface area (TPSA) is 58.9 Å². The van der Waals surface area contributed by atoms with Crippen LogP contribution < -0.4 is 0 Å². The summed E-state index contributed by atoms with van der Waals surface area (Å²) < 4.78 is 67.1. The van der Waals surface area contributed by atoms with Gasteiger partial charge in [-0.25, -0.2) is 18.3 Å². The molecular weight excluding hydrogens is 381 g/mol. The minimum Gasteiger partial charge on any atom is -0.276 e. The van der Waals surface area contributed by atoms with E-state index in [9.17, 15) is 22.0 Å². The molecule has 0 amide bonds. The van der Waals surface area contributed by atoms with Crippen molar-refractivity contribution in [3.8, 4) is 11.3 Å². The van der Waals surface area contributed by atoms with Gasteiger partial charge in [0.25, 0.3) is 6.43 Å². The summed E-state index contributed by atoms with van der Waals surface area (Å²) in [4.78, 5) is 3.58. The zero-order valence-corrected chi connectivity index (χ0v) is 13.3. The molecule has 0 unspecified atom stereocenters. The number of H-pyrrole nitrogens is 1. The molecule has 0 radical (unpaired) electrons. The molecule has 0 aliphatic heterocycles. The number of pyridine rings is 1. The third kappa shape index (κ3) is 2.57. The quantitative estimate of drug-likeness (QED) is 0.499. The highest BCUT2D eigenvalue weighted by atomic mass is 35.5. The van der Waals surface area contributed by atoms with Crippen LogP contribution in [0, 0.1) is 0 Å². The summed E-state index contributed by atoms with van der Waals surface area (Å²) in [6.07, 6.45) is -6.36. The summed E-state index contributed by atoms with van der Waals surface area (Å²) in [6, 6.07) is 4.47. The van der Waals surface area contributed by atoms with E-state index in [4.69, 9.17) is 11.6 Å². The lowest BCUT2D eigenvalue weighted by Gasteiger charge is -2.14. The Morgan fingerprint density at radius 2 is 1.92 bits per heavy atom. The lowest BCUT2D eigenvalue weighted by atomic mass is 10.0. The van der Waals surface area contributed by atoms with Crippen molar-refractivity contribution in [2.45, 2.75) is 12.6 Å². The molecule has 0 fully saturated rings. The van der Waals surface area contributed by atoms with Gasteiger partial charge in [-0.15, -0.1) is 5.10 Å². The summed E-state index contributed by atoms with van der Waals surface area (Å²) in [7, 11) is 0. The second-order valence-electron chi connectivity index (χ2n) is 5.43. The molecular formula is C15H7ClF5N5. The molecule has 4 rings (SSSR count). The standard InChI is InChI=1S/C15H7ClF5N5/c16-9-4-6(3-7-5-22-24-11(7)9)12-8(15(19,20)21)1-2-10-23-14(13(17)18)25-26(10)12/h1-5,13H,(H,22,24). The molecule has 0 atom stereocenters. The number of rotatable bonds is 2. The molecule has 134 valence electrons. The van der Waals surface area contributed by atoms with E-state index in [1.165, 1.54) is 18.3 Å². The van der Waals surface area contributed by atoms with Crippen molar-refractivity contribution < 1.29 is 22.0 Å². The van der Waals surface area contributed by atoms with Gasteiger partial charge in [-0.3, -0.25) is 5.10 Å². The number of aromatic nitrogens is 5. The van der Waals surface area contributed by atoms with Gasteiger partial charge >= 0.3 is 6.18 Å². The zero-order valence-electron chi connectivity index (χ0n) is 12.5. The Balaban J connectivity index is 2.09. The van der Waals surface area contributed by atoms with Gasteiger partial charge in [0.05, 0.1) is 28.0 Å². The molecule has 1 aromatic carbocycles. The highest BCUT2D eigenvalue weighted by molar-refractivity contribution is 6.35. The Morgan fingerprint density at radius 3 is 2.62 bits per heavy atom. The minimum atomic E-state index is -4.74. The molecule has 0 saturated heterocycles. The number of nitrogens with zero attached hydrogens (tertiary/aromatic N) is 4. The summed E-state index contributed by atoms with van der Waals surface area (Å²) in [5, 5.41) is 10.6. The first-order valence-electron chi connectivity index (χ1n) is 7.13. The third-order valence-corrected chi connectivity index (χ3v) is 4.09. The van der Waals surface area contributed by atoms with E-state index < -0.39 is 29.7 Å². The average Bonchev–Trinajstić information content (AvgIpc) is 3.19. The average molecular weight is 388 g/mol. The van der Waals surface area contributed by atoms with Gasteiger partial charge in [-0.1, -0.05) is 11.6 Å². The number of hydrogen-bond acceptors (Lipinski definition) is 3. The van der Waals surface area contributed by atoms with Crippen LogP contribution in [0.1, 0.15) is 17.8 Å². The molecule has 0 spiro atoms. The van der Waals surface area contributed by atoms with Crippen LogP contribution in [0.4, 0.5) is 22.0 Å². The fourth-order valence-corrected chi connectivity index (χ4v) is 2.98. The second-order valence-corrected chi connectivity index (χ2v) is 5.83. The van der Waals surface area contributed by atoms with E-state index in [1.807, 2.05) is 0 Å². The number of benzene rings is 1. The van der Waals surface area contributed by atoms with Crippen LogP contribution in [0.2, 0.25) is 5.02 Å². The Kier molecular flexibility index (Phi) is 3.62. The first-order valence-corrected chi connectivity index (χ1v) is 7.51. The SMILES string of the molecule is FC(F)c1nc2ccc(C(F)(F)F)c(-c3cc(Cl)c4[nH]ncc4c3)n2n1. The lowest BCUT2D eigenvalue weighted by molar-refractivity contribution is -0.137. The number of fused-ring (bicyclic) bond motifs is 2. The molecule has 1 N–H and O–H groups in total. The van der Waals surface area contributed by atoms with E-state index in [-0.39, 0.29) is 16.2 Å². The molecule has 3 aromatic heterocycles. The van der Waals surface area contributed by atoms with E-state index in [0.717, 1.165) is 16.6 Å². The Hall–Kier alpha value is -2.75. The lowest BCUT2D eigenvalue weighted by Crippen LogP contribution is -2.11. The van der Waals surface area contributed by atoms with E-state index >= 15 is 0 Å². The maximum Gasteiger partial charge on any atom is 0.418 e. The van der Waals surface area contributed by atoms with Crippen LogP contribution in [0.25, 0.3) is 27.8 Å². The van der Waals surface area contributed by atoms with Gasteiger partial charge in [0.1, 0.15) is 0 Å². The van der Waals surface area contributed by atoms with Crippen molar-refractivity contribution in [3.05, 3.63) is 46.9 Å². The molecule has 11 heteroatoms. The van der Waals surface area contributed by atoms with Crippen LogP contribution in [-0.2, 0) is 6.18 Å². The largest absolute Gasteiger partial charge is 0.418 e. The van der Waals surface area contributed by atoms with Crippen LogP contribution in [0.5, 0.6) is 0 Å². The molecule has 4 aromatic rings. The van der Waals surface area contributed by atoms with Gasteiger partial charge in [0, 0.05) is 10.9 Å². The molecule has 0 aliphatic carbocycles. The first-order chi connectivity index (χ1) is 12.3. The Bertz CT molecular complexity index is 1130. The smallest absolute Gasteiger partial charge is 0.276 e. The van der Waals surface area contributed by atoms with Crippen molar-refractivity contribution in [3.63, 3.8) is 0 Å². The van der Waals surface area contributed by atoms with Crippen molar-refractivity contribution in [1.29, 1.82) is 0 Å². The van der Waals surface area contributed by atoms with Gasteiger partial charge in [-0.2, -0.15) is 18.3 Å². The predicted molar refractivity (Wildman–Crippen MR) is 83.0 cm³/mol. The van der Waals surface area contributed by atoms with E-state index in [1.54, 1.807) is 0 Å². The predicted octanol–water partition coefficient (Wildman–Crippen LogP) is 4.88. The number of hydrogen-bond donors (Lipinski definition) is 1. The Morgan fingerprint density at radius 1 is 1.15 bits per heavy atom. The summed E-state index contributed by atoms with van der Waals surface area (Å²) >= 11 is 6.11. The zero-order chi connectivity index (χ0) is 18.6. The summed E-state index contributed by atoms with van der Waals surface area (Å²) in [5.74, 6) is -0.860. The van der Waals surface area contributed by atoms with Gasteiger partial charge in [0.15, 0.2) is 5.65 Å². The van der Waals surface area contributed by atoms with Gasteiger partial charge in [0.2, 0.25) is 5.82 Å². The summed E-state index contributed by atoms with van der Waals surface area (Å²) in [5.41, 5.74) is -1.11. The maximum absolute atomic E-state index is 13.5. The molecule has 0 saturated carbocycles. The van der Waals surface area contributed by atoms with Crippen molar-refractivity contribution in [2.24, 2.45) is 0 Å². The Labute approximate surface area is 146 Å². The molecule has 5 nitrogen and oxygen atoms in total. The fraction of sp³-hybridized carbons (Fsp3) is 0.133.